The van der Waals surface area contributed by atoms with Gasteiger partial charge in [-0.25, -0.2) is 5.43 Å². The largest absolute Gasteiger partial charge is 0.459 e. The second kappa shape index (κ2) is 5.13. The van der Waals surface area contributed by atoms with E-state index in [1.807, 2.05) is 18.2 Å². The van der Waals surface area contributed by atoms with Crippen LogP contribution in [0.25, 0.3) is 11.0 Å². The summed E-state index contributed by atoms with van der Waals surface area (Å²) in [4.78, 5) is 2.56. The molecule has 0 amide bonds. The Hall–Kier alpha value is -1.36. The fourth-order valence-corrected chi connectivity index (χ4v) is 4.33. The summed E-state index contributed by atoms with van der Waals surface area (Å²) in [5.41, 5.74) is 3.97. The van der Waals surface area contributed by atoms with Crippen LogP contribution in [-0.4, -0.2) is 24.0 Å². The summed E-state index contributed by atoms with van der Waals surface area (Å²) in [7, 11) is 2.27. The van der Waals surface area contributed by atoms with E-state index in [9.17, 15) is 0 Å². The number of hydrogen-bond donors (Lipinski definition) is 2. The minimum absolute atomic E-state index is 0.120. The van der Waals surface area contributed by atoms with Gasteiger partial charge in [-0.3, -0.25) is 5.84 Å². The standard InChI is InChI=1S/C17H23N3O/c1-20-13-6-7-14(20)9-12(8-13)17(19-18)16-10-11-4-2-3-5-15(11)21-16/h2-5,10,12-14,17,19H,6-9,18H2,1H3. The van der Waals surface area contributed by atoms with E-state index < -0.39 is 0 Å². The lowest BCUT2D eigenvalue weighted by atomic mass is 9.84. The fraction of sp³-hybridized carbons (Fsp3) is 0.529. The van der Waals surface area contributed by atoms with E-state index in [1.54, 1.807) is 0 Å². The maximum atomic E-state index is 6.04. The van der Waals surface area contributed by atoms with Crippen LogP contribution in [0.2, 0.25) is 0 Å². The van der Waals surface area contributed by atoms with E-state index in [2.05, 4.69) is 29.5 Å². The summed E-state index contributed by atoms with van der Waals surface area (Å²) in [6, 6.07) is 11.9. The molecule has 2 aromatic rings. The van der Waals surface area contributed by atoms with Crippen LogP contribution in [-0.2, 0) is 0 Å². The van der Waals surface area contributed by atoms with Crippen LogP contribution in [0.15, 0.2) is 34.7 Å². The van der Waals surface area contributed by atoms with Crippen molar-refractivity contribution in [3.63, 3.8) is 0 Å². The zero-order valence-electron chi connectivity index (χ0n) is 12.5. The molecule has 0 radical (unpaired) electrons. The molecule has 2 aliphatic rings. The normalized spacial score (nSPS) is 30.9. The van der Waals surface area contributed by atoms with Gasteiger partial charge < -0.3 is 9.32 Å². The Kier molecular flexibility index (Phi) is 3.25. The Bertz CT molecular complexity index is 591. The predicted molar refractivity (Wildman–Crippen MR) is 83.6 cm³/mol. The molecular weight excluding hydrogens is 262 g/mol. The molecule has 3 unspecified atom stereocenters. The average Bonchev–Trinajstić information content (AvgIpc) is 2.97. The van der Waals surface area contributed by atoms with Crippen LogP contribution in [0.1, 0.15) is 37.5 Å². The van der Waals surface area contributed by atoms with Crippen molar-refractivity contribution in [2.75, 3.05) is 7.05 Å². The van der Waals surface area contributed by atoms with Crippen LogP contribution in [0.5, 0.6) is 0 Å². The molecule has 112 valence electrons. The lowest BCUT2D eigenvalue weighted by Crippen LogP contribution is -2.44. The third-order valence-corrected chi connectivity index (χ3v) is 5.54. The van der Waals surface area contributed by atoms with Crippen molar-refractivity contribution in [2.45, 2.75) is 43.8 Å². The van der Waals surface area contributed by atoms with Crippen LogP contribution in [0.4, 0.5) is 0 Å². The molecule has 4 rings (SSSR count). The first kappa shape index (κ1) is 13.3. The maximum absolute atomic E-state index is 6.04. The molecule has 2 aliphatic heterocycles. The number of hydrazine groups is 1. The fourth-order valence-electron chi connectivity index (χ4n) is 4.33. The van der Waals surface area contributed by atoms with Gasteiger partial charge >= 0.3 is 0 Å². The number of furan rings is 1. The smallest absolute Gasteiger partial charge is 0.134 e. The number of para-hydroxylation sites is 1. The van der Waals surface area contributed by atoms with Crippen molar-refractivity contribution >= 4 is 11.0 Å². The highest BCUT2D eigenvalue weighted by Crippen LogP contribution is 2.42. The van der Waals surface area contributed by atoms with Gasteiger partial charge in [0.25, 0.3) is 0 Å². The van der Waals surface area contributed by atoms with Crippen LogP contribution >= 0.6 is 0 Å². The molecule has 21 heavy (non-hydrogen) atoms. The number of hydrogen-bond acceptors (Lipinski definition) is 4. The predicted octanol–water partition coefficient (Wildman–Crippen LogP) is 2.81. The molecule has 4 nitrogen and oxygen atoms in total. The van der Waals surface area contributed by atoms with E-state index in [0.717, 1.165) is 16.7 Å². The molecule has 3 heterocycles. The van der Waals surface area contributed by atoms with E-state index in [-0.39, 0.29) is 6.04 Å². The van der Waals surface area contributed by atoms with Crippen LogP contribution in [0, 0.1) is 5.92 Å². The summed E-state index contributed by atoms with van der Waals surface area (Å²) in [5.74, 6) is 7.42. The van der Waals surface area contributed by atoms with Gasteiger partial charge in [-0.05, 0) is 50.8 Å². The number of benzene rings is 1. The third kappa shape index (κ3) is 2.18. The van der Waals surface area contributed by atoms with Crippen molar-refractivity contribution in [2.24, 2.45) is 11.8 Å². The summed E-state index contributed by atoms with van der Waals surface area (Å²) in [5, 5.41) is 1.16. The molecule has 2 bridgehead atoms. The number of nitrogens with one attached hydrogen (secondary N) is 1. The lowest BCUT2D eigenvalue weighted by molar-refractivity contribution is 0.107. The molecule has 4 heteroatoms. The van der Waals surface area contributed by atoms with E-state index in [4.69, 9.17) is 10.3 Å². The molecule has 1 aromatic carbocycles. The average molecular weight is 285 g/mol. The van der Waals surface area contributed by atoms with Crippen molar-refractivity contribution in [1.29, 1.82) is 0 Å². The highest BCUT2D eigenvalue weighted by molar-refractivity contribution is 5.77. The molecule has 0 spiro atoms. The maximum Gasteiger partial charge on any atom is 0.134 e. The van der Waals surface area contributed by atoms with Crippen molar-refractivity contribution in [3.05, 3.63) is 36.1 Å². The van der Waals surface area contributed by atoms with Crippen LogP contribution < -0.4 is 11.3 Å². The van der Waals surface area contributed by atoms with Crippen molar-refractivity contribution in [3.8, 4) is 0 Å². The first-order valence-electron chi connectivity index (χ1n) is 7.93. The Morgan fingerprint density at radius 2 is 1.95 bits per heavy atom. The van der Waals surface area contributed by atoms with Gasteiger partial charge in [-0.15, -0.1) is 0 Å². The minimum atomic E-state index is 0.120. The Morgan fingerprint density at radius 1 is 1.24 bits per heavy atom. The Balaban J connectivity index is 1.62. The molecule has 0 saturated carbocycles. The second-order valence-corrected chi connectivity index (χ2v) is 6.61. The minimum Gasteiger partial charge on any atom is -0.459 e. The molecule has 2 fully saturated rings. The number of fused-ring (bicyclic) bond motifs is 3. The summed E-state index contributed by atoms with van der Waals surface area (Å²) < 4.78 is 6.04. The zero-order chi connectivity index (χ0) is 14.4. The number of rotatable bonds is 3. The SMILES string of the molecule is CN1C2CCC1CC(C(NN)c1cc3ccccc3o1)C2. The van der Waals surface area contributed by atoms with Gasteiger partial charge in [0.2, 0.25) is 0 Å². The zero-order valence-corrected chi connectivity index (χ0v) is 12.5. The van der Waals surface area contributed by atoms with E-state index >= 15 is 0 Å². The van der Waals surface area contributed by atoms with Gasteiger partial charge in [0, 0.05) is 17.5 Å². The van der Waals surface area contributed by atoms with E-state index in [0.29, 0.717) is 18.0 Å². The Labute approximate surface area is 125 Å². The topological polar surface area (TPSA) is 54.4 Å². The lowest BCUT2D eigenvalue weighted by Gasteiger charge is -2.39. The van der Waals surface area contributed by atoms with Crippen LogP contribution in [0.3, 0.4) is 0 Å². The number of nitrogens with zero attached hydrogens (tertiary/aromatic N) is 1. The number of piperidine rings is 1. The highest BCUT2D eigenvalue weighted by Gasteiger charge is 2.41. The molecule has 1 aromatic heterocycles. The summed E-state index contributed by atoms with van der Waals surface area (Å²) >= 11 is 0. The molecule has 2 saturated heterocycles. The van der Waals surface area contributed by atoms with E-state index in [1.165, 1.54) is 25.7 Å². The summed E-state index contributed by atoms with van der Waals surface area (Å²) in [6.07, 6.45) is 5.07. The van der Waals surface area contributed by atoms with Crippen molar-refractivity contribution < 1.29 is 4.42 Å². The van der Waals surface area contributed by atoms with Crippen molar-refractivity contribution in [1.82, 2.24) is 10.3 Å². The summed E-state index contributed by atoms with van der Waals surface area (Å²) in [6.45, 7) is 0. The second-order valence-electron chi connectivity index (χ2n) is 6.61. The highest BCUT2D eigenvalue weighted by atomic mass is 16.3. The van der Waals surface area contributed by atoms with Gasteiger partial charge in [-0.1, -0.05) is 18.2 Å². The first-order valence-corrected chi connectivity index (χ1v) is 7.93. The Morgan fingerprint density at radius 3 is 2.62 bits per heavy atom. The molecule has 0 aliphatic carbocycles. The van der Waals surface area contributed by atoms with Gasteiger partial charge in [0.1, 0.15) is 11.3 Å². The van der Waals surface area contributed by atoms with Gasteiger partial charge in [0.15, 0.2) is 0 Å². The van der Waals surface area contributed by atoms with Gasteiger partial charge in [0.05, 0.1) is 6.04 Å². The molecular formula is C17H23N3O. The quantitative estimate of drug-likeness (QED) is 0.672. The monoisotopic (exact) mass is 285 g/mol. The third-order valence-electron chi connectivity index (χ3n) is 5.54. The molecule has 3 atom stereocenters. The number of nitrogens with two attached hydrogens (primary N) is 1. The molecule has 3 N–H and O–H groups in total. The van der Waals surface area contributed by atoms with Gasteiger partial charge in [-0.2, -0.15) is 0 Å². The first-order chi connectivity index (χ1) is 10.3.